The van der Waals surface area contributed by atoms with Gasteiger partial charge in [-0.2, -0.15) is 11.8 Å². The average molecular weight is 334 g/mol. The van der Waals surface area contributed by atoms with Crippen molar-refractivity contribution in [1.82, 2.24) is 15.6 Å². The van der Waals surface area contributed by atoms with E-state index in [0.717, 1.165) is 36.4 Å². The minimum atomic E-state index is -0.210. The molecule has 1 unspecified atom stereocenters. The number of thioether (sulfide) groups is 1. The Morgan fingerprint density at radius 3 is 3.13 bits per heavy atom. The Bertz CT molecular complexity index is 676. The van der Waals surface area contributed by atoms with Crippen molar-refractivity contribution in [3.8, 4) is 0 Å². The summed E-state index contributed by atoms with van der Waals surface area (Å²) in [5, 5.41) is 8.53. The quantitative estimate of drug-likeness (QED) is 0.582. The fraction of sp³-hybridized carbons (Fsp3) is 0.471. The fourth-order valence-electron chi connectivity index (χ4n) is 2.92. The van der Waals surface area contributed by atoms with Crippen molar-refractivity contribution in [2.45, 2.75) is 24.5 Å². The summed E-state index contributed by atoms with van der Waals surface area (Å²) < 4.78 is 13.2. The second-order valence-electron chi connectivity index (χ2n) is 5.77. The predicted octanol–water partition coefficient (Wildman–Crippen LogP) is 2.91. The molecule has 4 nitrogen and oxygen atoms in total. The molecule has 6 heteroatoms. The largest absolute Gasteiger partial charge is 0.361 e. The molecular formula is C17H23FN4S. The number of hydrogen-bond donors (Lipinski definition) is 3. The van der Waals surface area contributed by atoms with E-state index in [1.165, 1.54) is 36.3 Å². The monoisotopic (exact) mass is 334 g/mol. The molecule has 2 aromatic rings. The number of nitrogens with zero attached hydrogens (tertiary/aromatic N) is 1. The van der Waals surface area contributed by atoms with Crippen LogP contribution < -0.4 is 10.6 Å². The molecule has 2 heterocycles. The van der Waals surface area contributed by atoms with Gasteiger partial charge in [0.25, 0.3) is 0 Å². The summed E-state index contributed by atoms with van der Waals surface area (Å²) in [7, 11) is 1.80. The van der Waals surface area contributed by atoms with E-state index in [9.17, 15) is 4.39 Å². The van der Waals surface area contributed by atoms with Gasteiger partial charge in [0, 0.05) is 42.5 Å². The SMILES string of the molecule is CN=C(NCCc1c[nH]c2cc(F)ccc12)NCC1CCCS1. The molecule has 3 rings (SSSR count). The van der Waals surface area contributed by atoms with E-state index in [4.69, 9.17) is 0 Å². The van der Waals surface area contributed by atoms with Crippen LogP contribution in [0.2, 0.25) is 0 Å². The Balaban J connectivity index is 1.48. The van der Waals surface area contributed by atoms with Gasteiger partial charge in [0.2, 0.25) is 0 Å². The number of halogens is 1. The van der Waals surface area contributed by atoms with Crippen molar-refractivity contribution in [1.29, 1.82) is 0 Å². The van der Waals surface area contributed by atoms with Crippen molar-refractivity contribution in [2.24, 2.45) is 4.99 Å². The molecule has 1 aromatic carbocycles. The van der Waals surface area contributed by atoms with Gasteiger partial charge in [-0.05, 0) is 48.8 Å². The van der Waals surface area contributed by atoms with Crippen LogP contribution in [-0.2, 0) is 6.42 Å². The average Bonchev–Trinajstić information content (AvgIpc) is 3.20. The summed E-state index contributed by atoms with van der Waals surface area (Å²) >= 11 is 2.04. The fourth-order valence-corrected chi connectivity index (χ4v) is 4.12. The highest BCUT2D eigenvalue weighted by molar-refractivity contribution is 8.00. The minimum absolute atomic E-state index is 0.210. The number of nitrogens with one attached hydrogen (secondary N) is 3. The Labute approximate surface area is 140 Å². The molecule has 0 spiro atoms. The van der Waals surface area contributed by atoms with Crippen LogP contribution in [0.15, 0.2) is 29.4 Å². The molecule has 23 heavy (non-hydrogen) atoms. The highest BCUT2D eigenvalue weighted by Crippen LogP contribution is 2.25. The van der Waals surface area contributed by atoms with Gasteiger partial charge < -0.3 is 15.6 Å². The molecule has 1 aromatic heterocycles. The molecule has 0 amide bonds. The summed E-state index contributed by atoms with van der Waals surface area (Å²) in [5.74, 6) is 1.92. The van der Waals surface area contributed by atoms with Crippen molar-refractivity contribution in [2.75, 3.05) is 25.9 Å². The van der Waals surface area contributed by atoms with Gasteiger partial charge >= 0.3 is 0 Å². The van der Waals surface area contributed by atoms with Crippen LogP contribution >= 0.6 is 11.8 Å². The molecule has 124 valence electrons. The number of aromatic nitrogens is 1. The lowest BCUT2D eigenvalue weighted by Gasteiger charge is -2.14. The molecule has 1 aliphatic heterocycles. The minimum Gasteiger partial charge on any atom is -0.361 e. The molecular weight excluding hydrogens is 311 g/mol. The first kappa shape index (κ1) is 16.2. The van der Waals surface area contributed by atoms with E-state index in [2.05, 4.69) is 20.6 Å². The van der Waals surface area contributed by atoms with Crippen LogP contribution in [-0.4, -0.2) is 42.1 Å². The first-order valence-electron chi connectivity index (χ1n) is 8.08. The maximum absolute atomic E-state index is 13.2. The predicted molar refractivity (Wildman–Crippen MR) is 96.8 cm³/mol. The van der Waals surface area contributed by atoms with E-state index in [-0.39, 0.29) is 5.82 Å². The van der Waals surface area contributed by atoms with Gasteiger partial charge in [0.05, 0.1) is 0 Å². The molecule has 1 saturated heterocycles. The van der Waals surface area contributed by atoms with Crippen LogP contribution in [0.4, 0.5) is 4.39 Å². The topological polar surface area (TPSA) is 52.2 Å². The second-order valence-corrected chi connectivity index (χ2v) is 7.18. The van der Waals surface area contributed by atoms with Crippen LogP contribution in [0, 0.1) is 5.82 Å². The van der Waals surface area contributed by atoms with Crippen molar-refractivity contribution < 1.29 is 4.39 Å². The van der Waals surface area contributed by atoms with Crippen LogP contribution in [0.3, 0.4) is 0 Å². The van der Waals surface area contributed by atoms with Crippen LogP contribution in [0.1, 0.15) is 18.4 Å². The standard InChI is InChI=1S/C17H23FN4S/c1-19-17(22-11-14-3-2-8-23-14)20-7-6-12-10-21-16-9-13(18)4-5-15(12)16/h4-5,9-10,14,21H,2-3,6-8,11H2,1H3,(H2,19,20,22). The highest BCUT2D eigenvalue weighted by Gasteiger charge is 2.15. The molecule has 0 radical (unpaired) electrons. The number of fused-ring (bicyclic) bond motifs is 1. The molecule has 0 saturated carbocycles. The maximum atomic E-state index is 13.2. The van der Waals surface area contributed by atoms with Crippen LogP contribution in [0.25, 0.3) is 10.9 Å². The summed E-state index contributed by atoms with van der Waals surface area (Å²) in [4.78, 5) is 7.40. The third-order valence-electron chi connectivity index (χ3n) is 4.16. The zero-order valence-electron chi connectivity index (χ0n) is 13.4. The number of guanidine groups is 1. The summed E-state index contributed by atoms with van der Waals surface area (Å²) in [6.45, 7) is 1.76. The zero-order chi connectivity index (χ0) is 16.1. The Morgan fingerprint density at radius 2 is 2.35 bits per heavy atom. The lowest BCUT2D eigenvalue weighted by Crippen LogP contribution is -2.40. The number of hydrogen-bond acceptors (Lipinski definition) is 2. The van der Waals surface area contributed by atoms with E-state index in [0.29, 0.717) is 5.25 Å². The number of benzene rings is 1. The van der Waals surface area contributed by atoms with Crippen LogP contribution in [0.5, 0.6) is 0 Å². The van der Waals surface area contributed by atoms with Gasteiger partial charge in [-0.3, -0.25) is 4.99 Å². The molecule has 1 atom stereocenters. The van der Waals surface area contributed by atoms with Crippen molar-refractivity contribution in [3.05, 3.63) is 35.8 Å². The van der Waals surface area contributed by atoms with E-state index in [1.807, 2.05) is 24.0 Å². The van der Waals surface area contributed by atoms with Gasteiger partial charge in [0.15, 0.2) is 5.96 Å². The first-order chi connectivity index (χ1) is 11.3. The maximum Gasteiger partial charge on any atom is 0.191 e. The molecule has 1 aliphatic rings. The summed E-state index contributed by atoms with van der Waals surface area (Å²) in [6, 6.07) is 4.87. The molecule has 0 aliphatic carbocycles. The van der Waals surface area contributed by atoms with Crippen molar-refractivity contribution >= 4 is 28.6 Å². The normalized spacial score (nSPS) is 18.5. The lowest BCUT2D eigenvalue weighted by molar-refractivity contribution is 0.629. The molecule has 3 N–H and O–H groups in total. The number of aliphatic imine (C=N–C) groups is 1. The van der Waals surface area contributed by atoms with Crippen molar-refractivity contribution in [3.63, 3.8) is 0 Å². The van der Waals surface area contributed by atoms with E-state index in [1.54, 1.807) is 7.05 Å². The third-order valence-corrected chi connectivity index (χ3v) is 5.56. The van der Waals surface area contributed by atoms with Gasteiger partial charge in [-0.15, -0.1) is 0 Å². The van der Waals surface area contributed by atoms with E-state index >= 15 is 0 Å². The number of aromatic amines is 1. The lowest BCUT2D eigenvalue weighted by atomic mass is 10.1. The molecule has 1 fully saturated rings. The van der Waals surface area contributed by atoms with Gasteiger partial charge in [-0.1, -0.05) is 0 Å². The third kappa shape index (κ3) is 4.19. The zero-order valence-corrected chi connectivity index (χ0v) is 14.2. The number of H-pyrrole nitrogens is 1. The second kappa shape index (κ2) is 7.73. The molecule has 0 bridgehead atoms. The summed E-state index contributed by atoms with van der Waals surface area (Å²) in [5.41, 5.74) is 2.04. The van der Waals surface area contributed by atoms with E-state index < -0.39 is 0 Å². The highest BCUT2D eigenvalue weighted by atomic mass is 32.2. The van der Waals surface area contributed by atoms with Gasteiger partial charge in [0.1, 0.15) is 5.82 Å². The number of rotatable bonds is 5. The Kier molecular flexibility index (Phi) is 5.43. The Hall–Kier alpha value is -1.69. The van der Waals surface area contributed by atoms with Gasteiger partial charge in [-0.25, -0.2) is 4.39 Å². The smallest absolute Gasteiger partial charge is 0.191 e. The summed E-state index contributed by atoms with van der Waals surface area (Å²) in [6.07, 6.45) is 5.44. The Morgan fingerprint density at radius 1 is 1.43 bits per heavy atom. The first-order valence-corrected chi connectivity index (χ1v) is 9.13.